The van der Waals surface area contributed by atoms with E-state index in [4.69, 9.17) is 17.0 Å². The van der Waals surface area contributed by atoms with Crippen molar-refractivity contribution in [2.75, 3.05) is 25.1 Å². The average molecular weight is 534 g/mol. The van der Waals surface area contributed by atoms with E-state index in [1.165, 1.54) is 24.6 Å². The number of thiocarbonyl (C=S) groups is 1. The average Bonchev–Trinajstić information content (AvgIpc) is 3.09. The molecular weight excluding hydrogens is 502 g/mol. The van der Waals surface area contributed by atoms with Gasteiger partial charge in [0, 0.05) is 25.0 Å². The van der Waals surface area contributed by atoms with Gasteiger partial charge in [0.25, 0.3) is 11.5 Å². The van der Waals surface area contributed by atoms with Crippen molar-refractivity contribution in [2.45, 2.75) is 45.7 Å². The van der Waals surface area contributed by atoms with Gasteiger partial charge in [0.1, 0.15) is 10.1 Å². The predicted molar refractivity (Wildman–Crippen MR) is 156 cm³/mol. The van der Waals surface area contributed by atoms with Crippen LogP contribution in [-0.2, 0) is 17.9 Å². The van der Waals surface area contributed by atoms with E-state index in [0.29, 0.717) is 27.9 Å². The summed E-state index contributed by atoms with van der Waals surface area (Å²) in [6, 6.07) is 15.7. The van der Waals surface area contributed by atoms with Crippen LogP contribution in [0.3, 0.4) is 0 Å². The van der Waals surface area contributed by atoms with Crippen LogP contribution in [0.5, 0.6) is 5.75 Å². The standard InChI is InChI=1S/C29H31N3O3S2/c1-3-31-24-11-7-6-10-22(24)26(30-16-8-4-5-9-17-30)23(27(31)33)18-25-28(34)32(29(36)37-25)19-20-12-14-21(35-2)15-13-20/h6-7,10-15,18H,3-5,8-9,16-17,19H2,1-2H3. The number of aryl methyl sites for hydroxylation is 1. The van der Waals surface area contributed by atoms with E-state index in [0.717, 1.165) is 53.8 Å². The molecule has 1 amide bonds. The van der Waals surface area contributed by atoms with Gasteiger partial charge in [-0.1, -0.05) is 67.2 Å². The first-order valence-electron chi connectivity index (χ1n) is 12.8. The van der Waals surface area contributed by atoms with Crippen molar-refractivity contribution in [3.63, 3.8) is 0 Å². The Kier molecular flexibility index (Phi) is 7.67. The van der Waals surface area contributed by atoms with Gasteiger partial charge >= 0.3 is 0 Å². The van der Waals surface area contributed by atoms with Gasteiger partial charge in [-0.05, 0) is 49.6 Å². The number of carbonyl (C=O) groups is 1. The topological polar surface area (TPSA) is 54.8 Å². The lowest BCUT2D eigenvalue weighted by Crippen LogP contribution is -2.31. The molecule has 2 aliphatic rings. The van der Waals surface area contributed by atoms with Crippen molar-refractivity contribution in [2.24, 2.45) is 0 Å². The lowest BCUT2D eigenvalue weighted by molar-refractivity contribution is -0.122. The first-order chi connectivity index (χ1) is 18.0. The van der Waals surface area contributed by atoms with Crippen molar-refractivity contribution in [3.8, 4) is 5.75 Å². The quantitative estimate of drug-likeness (QED) is 0.294. The van der Waals surface area contributed by atoms with Crippen LogP contribution in [0.2, 0.25) is 0 Å². The van der Waals surface area contributed by atoms with Gasteiger partial charge in [-0.2, -0.15) is 0 Å². The van der Waals surface area contributed by atoms with Crippen LogP contribution in [0.4, 0.5) is 5.69 Å². The first-order valence-corrected chi connectivity index (χ1v) is 14.0. The number of carbonyl (C=O) groups excluding carboxylic acids is 1. The lowest BCUT2D eigenvalue weighted by atomic mass is 10.1. The van der Waals surface area contributed by atoms with Gasteiger partial charge in [0.05, 0.1) is 35.3 Å². The molecule has 2 fully saturated rings. The Bertz CT molecular complexity index is 1420. The van der Waals surface area contributed by atoms with Gasteiger partial charge in [0.15, 0.2) is 0 Å². The van der Waals surface area contributed by atoms with E-state index in [9.17, 15) is 9.59 Å². The summed E-state index contributed by atoms with van der Waals surface area (Å²) >= 11 is 6.87. The van der Waals surface area contributed by atoms with Gasteiger partial charge in [-0.15, -0.1) is 0 Å². The zero-order valence-corrected chi connectivity index (χ0v) is 22.9. The van der Waals surface area contributed by atoms with Gasteiger partial charge in [-0.3, -0.25) is 14.5 Å². The zero-order valence-electron chi connectivity index (χ0n) is 21.2. The number of methoxy groups -OCH3 is 1. The summed E-state index contributed by atoms with van der Waals surface area (Å²) in [6.45, 7) is 4.72. The molecule has 6 nitrogen and oxygen atoms in total. The number of hydrogen-bond donors (Lipinski definition) is 0. The zero-order chi connectivity index (χ0) is 25.9. The highest BCUT2D eigenvalue weighted by Crippen LogP contribution is 2.37. The summed E-state index contributed by atoms with van der Waals surface area (Å²) in [6.07, 6.45) is 6.36. The van der Waals surface area contributed by atoms with Gasteiger partial charge < -0.3 is 14.2 Å². The highest BCUT2D eigenvalue weighted by Gasteiger charge is 2.33. The maximum absolute atomic E-state index is 13.9. The molecule has 3 heterocycles. The lowest BCUT2D eigenvalue weighted by Gasteiger charge is -2.27. The Morgan fingerprint density at radius 2 is 1.70 bits per heavy atom. The number of amides is 1. The summed E-state index contributed by atoms with van der Waals surface area (Å²) in [5, 5.41) is 1.05. The Morgan fingerprint density at radius 3 is 2.38 bits per heavy atom. The van der Waals surface area contributed by atoms with E-state index in [1.807, 2.05) is 49.4 Å². The second-order valence-electron chi connectivity index (χ2n) is 9.35. The molecule has 0 spiro atoms. The highest BCUT2D eigenvalue weighted by molar-refractivity contribution is 8.26. The fraction of sp³-hybridized carbons (Fsp3) is 0.345. The van der Waals surface area contributed by atoms with E-state index < -0.39 is 0 Å². The molecule has 1 aromatic heterocycles. The number of hydrogen-bond acceptors (Lipinski definition) is 6. The summed E-state index contributed by atoms with van der Waals surface area (Å²) in [5.74, 6) is 0.599. The third kappa shape index (κ3) is 5.05. The number of rotatable bonds is 6. The Balaban J connectivity index is 1.58. The van der Waals surface area contributed by atoms with Crippen LogP contribution in [0.25, 0.3) is 17.0 Å². The monoisotopic (exact) mass is 533 g/mol. The van der Waals surface area contributed by atoms with Gasteiger partial charge in [-0.25, -0.2) is 0 Å². The summed E-state index contributed by atoms with van der Waals surface area (Å²) in [5.41, 5.74) is 3.34. The molecule has 2 aliphatic heterocycles. The fourth-order valence-corrected chi connectivity index (χ4v) is 6.41. The largest absolute Gasteiger partial charge is 0.497 e. The van der Waals surface area contributed by atoms with E-state index in [1.54, 1.807) is 22.7 Å². The molecule has 2 aromatic carbocycles. The molecule has 192 valence electrons. The third-order valence-corrected chi connectivity index (χ3v) is 8.45. The number of pyridine rings is 1. The normalized spacial score (nSPS) is 17.6. The second-order valence-corrected chi connectivity index (χ2v) is 11.0. The Hall–Kier alpha value is -3.10. The maximum atomic E-state index is 13.9. The molecular formula is C29H31N3O3S2. The number of nitrogens with zero attached hydrogens (tertiary/aromatic N) is 3. The van der Waals surface area contributed by atoms with Crippen molar-refractivity contribution >= 4 is 56.9 Å². The molecule has 0 N–H and O–H groups in total. The molecule has 0 bridgehead atoms. The smallest absolute Gasteiger partial charge is 0.266 e. The first kappa shape index (κ1) is 25.5. The number of anilines is 1. The minimum absolute atomic E-state index is 0.0686. The van der Waals surface area contributed by atoms with Crippen LogP contribution in [-0.4, -0.2) is 39.9 Å². The Morgan fingerprint density at radius 1 is 1.00 bits per heavy atom. The molecule has 3 aromatic rings. The van der Waals surface area contributed by atoms with Gasteiger partial charge in [0.2, 0.25) is 0 Å². The van der Waals surface area contributed by atoms with Crippen LogP contribution in [0.15, 0.2) is 58.2 Å². The van der Waals surface area contributed by atoms with Crippen LogP contribution >= 0.6 is 24.0 Å². The SMILES string of the molecule is CCn1c(=O)c(C=C2SC(=S)N(Cc3ccc(OC)cc3)C2=O)c(N2CCCCCC2)c2ccccc21. The fourth-order valence-electron chi connectivity index (χ4n) is 5.17. The molecule has 37 heavy (non-hydrogen) atoms. The summed E-state index contributed by atoms with van der Waals surface area (Å²) in [7, 11) is 1.63. The molecule has 0 radical (unpaired) electrons. The molecule has 2 saturated heterocycles. The minimum atomic E-state index is -0.164. The number of benzene rings is 2. The van der Waals surface area contributed by atoms with Crippen molar-refractivity contribution in [3.05, 3.63) is 74.9 Å². The predicted octanol–water partition coefficient (Wildman–Crippen LogP) is 5.81. The molecule has 8 heteroatoms. The number of aromatic nitrogens is 1. The molecule has 0 saturated carbocycles. The van der Waals surface area contributed by atoms with Crippen molar-refractivity contribution < 1.29 is 9.53 Å². The molecule has 0 aliphatic carbocycles. The minimum Gasteiger partial charge on any atom is -0.497 e. The second kappa shape index (κ2) is 11.1. The van der Waals surface area contributed by atoms with E-state index in [2.05, 4.69) is 11.0 Å². The highest BCUT2D eigenvalue weighted by atomic mass is 32.2. The van der Waals surface area contributed by atoms with E-state index in [-0.39, 0.29) is 11.5 Å². The number of fused-ring (bicyclic) bond motifs is 1. The third-order valence-electron chi connectivity index (χ3n) is 7.07. The molecule has 5 rings (SSSR count). The van der Waals surface area contributed by atoms with Crippen LogP contribution in [0.1, 0.15) is 43.7 Å². The maximum Gasteiger partial charge on any atom is 0.266 e. The molecule has 0 atom stereocenters. The number of ether oxygens (including phenoxy) is 1. The Labute approximate surface area is 226 Å². The summed E-state index contributed by atoms with van der Waals surface area (Å²) in [4.78, 5) is 31.9. The van der Waals surface area contributed by atoms with Crippen molar-refractivity contribution in [1.29, 1.82) is 0 Å². The van der Waals surface area contributed by atoms with Crippen LogP contribution < -0.4 is 15.2 Å². The number of thioether (sulfide) groups is 1. The van der Waals surface area contributed by atoms with Crippen LogP contribution in [0, 0.1) is 0 Å². The summed E-state index contributed by atoms with van der Waals surface area (Å²) < 4.78 is 7.55. The van der Waals surface area contributed by atoms with Crippen molar-refractivity contribution in [1.82, 2.24) is 9.47 Å². The number of para-hydroxylation sites is 1. The van der Waals surface area contributed by atoms with E-state index >= 15 is 0 Å². The molecule has 0 unspecified atom stereocenters.